The number of esters is 1. The van der Waals surface area contributed by atoms with Gasteiger partial charge in [-0.2, -0.15) is 0 Å². The van der Waals surface area contributed by atoms with Crippen LogP contribution in [0.5, 0.6) is 11.5 Å². The second-order valence-corrected chi connectivity index (χ2v) is 14.2. The van der Waals surface area contributed by atoms with Gasteiger partial charge in [-0.15, -0.1) is 0 Å². The molecule has 63 heavy (non-hydrogen) atoms. The number of fused-ring (bicyclic) bond motifs is 2. The van der Waals surface area contributed by atoms with Crippen molar-refractivity contribution in [1.82, 2.24) is 0 Å². The molecule has 0 aliphatic carbocycles. The van der Waals surface area contributed by atoms with Gasteiger partial charge in [-0.1, -0.05) is 98.1 Å². The highest BCUT2D eigenvalue weighted by Crippen LogP contribution is 2.26. The zero-order chi connectivity index (χ0) is 45.1. The third-order valence-electron chi connectivity index (χ3n) is 9.10. The maximum atomic E-state index is 12.4. The lowest BCUT2D eigenvalue weighted by Crippen LogP contribution is -2.03. The highest BCUT2D eigenvalue weighted by Gasteiger charge is 2.10. The molecule has 10 nitrogen and oxygen atoms in total. The van der Waals surface area contributed by atoms with E-state index in [0.29, 0.717) is 53.6 Å². The fraction of sp³-hybridized carbons (Fsp3) is 0.231. The maximum Gasteiger partial charge on any atom is 0.344 e. The molecule has 0 spiro atoms. The third kappa shape index (κ3) is 17.6. The summed E-state index contributed by atoms with van der Waals surface area (Å²) in [4.78, 5) is 45.1. The molecule has 2 heterocycles. The van der Waals surface area contributed by atoms with E-state index in [9.17, 15) is 19.2 Å². The first-order valence-corrected chi connectivity index (χ1v) is 21.1. The number of allylic oxidation sites excluding steroid dienone is 5. The number of aliphatic hydroxyl groups excluding tert-OH is 1. The van der Waals surface area contributed by atoms with Crippen molar-refractivity contribution >= 4 is 44.8 Å². The van der Waals surface area contributed by atoms with Crippen molar-refractivity contribution in [2.45, 2.75) is 51.4 Å². The van der Waals surface area contributed by atoms with Crippen LogP contribution in [0.15, 0.2) is 177 Å². The molecule has 0 aliphatic rings. The van der Waals surface area contributed by atoms with Crippen LogP contribution < -0.4 is 20.7 Å². The number of benzene rings is 4. The first-order chi connectivity index (χ1) is 30.7. The molecule has 6 rings (SSSR count). The van der Waals surface area contributed by atoms with Crippen LogP contribution in [0.25, 0.3) is 44.2 Å². The minimum absolute atomic E-state index is 0.235. The van der Waals surface area contributed by atoms with Crippen LogP contribution in [0.3, 0.4) is 0 Å². The Morgan fingerprint density at radius 3 is 1.38 bits per heavy atom. The van der Waals surface area contributed by atoms with Crippen LogP contribution in [0.1, 0.15) is 51.4 Å². The number of hydrogen-bond donors (Lipinski definition) is 1. The number of carbonyl (C=O) groups excluding carboxylic acids is 2. The molecule has 6 aromatic rings. The summed E-state index contributed by atoms with van der Waals surface area (Å²) >= 11 is 4.71. The summed E-state index contributed by atoms with van der Waals surface area (Å²) in [5, 5.41) is 9.93. The lowest BCUT2D eigenvalue weighted by Gasteiger charge is -2.07. The Hall–Kier alpha value is -6.75. The molecule has 0 amide bonds. The number of carbonyl (C=O) groups is 2. The highest BCUT2D eigenvalue weighted by molar-refractivity contribution is 6.66. The van der Waals surface area contributed by atoms with Crippen LogP contribution in [-0.2, 0) is 14.3 Å². The molecular formula is C52H53ClO10. The van der Waals surface area contributed by atoms with E-state index in [2.05, 4.69) is 37.5 Å². The van der Waals surface area contributed by atoms with Crippen LogP contribution in [0, 0.1) is 0 Å². The number of aliphatic hydroxyl groups is 1. The Morgan fingerprint density at radius 2 is 0.984 bits per heavy atom. The molecule has 11 heteroatoms. The molecule has 0 radical (unpaired) electrons. The van der Waals surface area contributed by atoms with Crippen molar-refractivity contribution in [3.05, 3.63) is 180 Å². The third-order valence-corrected chi connectivity index (χ3v) is 9.26. The predicted octanol–water partition coefficient (Wildman–Crippen LogP) is 11.6. The van der Waals surface area contributed by atoms with Gasteiger partial charge >= 0.3 is 17.2 Å². The van der Waals surface area contributed by atoms with Gasteiger partial charge < -0.3 is 28.2 Å². The summed E-state index contributed by atoms with van der Waals surface area (Å²) in [6.07, 6.45) is 17.6. The van der Waals surface area contributed by atoms with E-state index < -0.39 is 5.24 Å². The van der Waals surface area contributed by atoms with Crippen molar-refractivity contribution in [2.75, 3.05) is 26.4 Å². The Morgan fingerprint density at radius 1 is 0.571 bits per heavy atom. The molecule has 4 aromatic carbocycles. The van der Waals surface area contributed by atoms with Gasteiger partial charge in [0.1, 0.15) is 22.7 Å². The quantitative estimate of drug-likeness (QED) is 0.0185. The van der Waals surface area contributed by atoms with Gasteiger partial charge in [0, 0.05) is 35.6 Å². The maximum absolute atomic E-state index is 12.4. The van der Waals surface area contributed by atoms with E-state index in [1.807, 2.05) is 97.1 Å². The Kier molecular flexibility index (Phi) is 21.7. The SMILES string of the molecule is C=CC(=O)Cl.C=CC(=O)OCCC/C=C/CCCOc1ccc2cc(-c3ccccc3)c(=O)oc2c1.O=c1oc2cc(OCCC/C=C/CCCO)ccc2cc1-c1ccccc1. The van der Waals surface area contributed by atoms with Gasteiger partial charge in [0.15, 0.2) is 0 Å². The molecule has 328 valence electrons. The molecule has 2 aromatic heterocycles. The molecule has 0 aliphatic heterocycles. The summed E-state index contributed by atoms with van der Waals surface area (Å²) in [5.74, 6) is 0.990. The number of ether oxygens (including phenoxy) is 3. The summed E-state index contributed by atoms with van der Waals surface area (Å²) < 4.78 is 27.5. The first-order valence-electron chi connectivity index (χ1n) is 20.8. The van der Waals surface area contributed by atoms with E-state index in [1.165, 1.54) is 6.08 Å². The zero-order valence-electron chi connectivity index (χ0n) is 35.3. The summed E-state index contributed by atoms with van der Waals surface area (Å²) in [5.41, 5.74) is 3.13. The number of unbranched alkanes of at least 4 members (excludes halogenated alkanes) is 4. The average molecular weight is 873 g/mol. The van der Waals surface area contributed by atoms with Gasteiger partial charge in [0.25, 0.3) is 0 Å². The average Bonchev–Trinajstić information content (AvgIpc) is 3.30. The van der Waals surface area contributed by atoms with Crippen molar-refractivity contribution in [1.29, 1.82) is 0 Å². The summed E-state index contributed by atoms with van der Waals surface area (Å²) in [6, 6.07) is 33.8. The molecule has 0 atom stereocenters. The van der Waals surface area contributed by atoms with E-state index >= 15 is 0 Å². The number of halogens is 1. The summed E-state index contributed by atoms with van der Waals surface area (Å²) in [6.45, 7) is 8.24. The molecule has 1 N–H and O–H groups in total. The Labute approximate surface area is 372 Å². The number of rotatable bonds is 21. The summed E-state index contributed by atoms with van der Waals surface area (Å²) in [7, 11) is 0. The minimum atomic E-state index is -0.509. The monoisotopic (exact) mass is 872 g/mol. The molecule has 0 bridgehead atoms. The zero-order valence-corrected chi connectivity index (χ0v) is 36.0. The molecule has 0 unspecified atom stereocenters. The highest BCUT2D eigenvalue weighted by atomic mass is 35.5. The fourth-order valence-corrected chi connectivity index (χ4v) is 5.90. The largest absolute Gasteiger partial charge is 0.493 e. The van der Waals surface area contributed by atoms with Crippen LogP contribution in [0.4, 0.5) is 0 Å². The van der Waals surface area contributed by atoms with Crippen molar-refractivity contribution in [3.8, 4) is 33.8 Å². The Balaban J connectivity index is 0.000000252. The predicted molar refractivity (Wildman–Crippen MR) is 251 cm³/mol. The lowest BCUT2D eigenvalue weighted by molar-refractivity contribution is -0.137. The van der Waals surface area contributed by atoms with E-state index in [0.717, 1.165) is 79.3 Å². The van der Waals surface area contributed by atoms with Gasteiger partial charge in [-0.05, 0) is 117 Å². The van der Waals surface area contributed by atoms with Gasteiger partial charge in [-0.3, -0.25) is 4.79 Å². The van der Waals surface area contributed by atoms with Crippen LogP contribution in [0.2, 0.25) is 0 Å². The molecule has 0 saturated heterocycles. The van der Waals surface area contributed by atoms with Crippen molar-refractivity contribution in [3.63, 3.8) is 0 Å². The van der Waals surface area contributed by atoms with Gasteiger partial charge in [-0.25, -0.2) is 14.4 Å². The van der Waals surface area contributed by atoms with Crippen LogP contribution in [-0.4, -0.2) is 42.7 Å². The first kappa shape index (κ1) is 48.9. The Bertz CT molecular complexity index is 2540. The normalized spacial score (nSPS) is 10.8. The van der Waals surface area contributed by atoms with E-state index in [4.69, 9.17) is 39.8 Å². The number of hydrogen-bond acceptors (Lipinski definition) is 10. The lowest BCUT2D eigenvalue weighted by atomic mass is 10.1. The van der Waals surface area contributed by atoms with Gasteiger partial charge in [0.2, 0.25) is 5.24 Å². The van der Waals surface area contributed by atoms with Crippen molar-refractivity contribution in [2.24, 2.45) is 0 Å². The topological polar surface area (TPSA) is 142 Å². The molecule has 0 saturated carbocycles. The fourth-order valence-electron chi connectivity index (χ4n) is 5.90. The second kappa shape index (κ2) is 28.0. The van der Waals surface area contributed by atoms with E-state index in [1.54, 1.807) is 12.1 Å². The minimum Gasteiger partial charge on any atom is -0.493 e. The van der Waals surface area contributed by atoms with Crippen LogP contribution >= 0.6 is 11.6 Å². The van der Waals surface area contributed by atoms with Gasteiger partial charge in [0.05, 0.1) is 30.9 Å². The second-order valence-electron chi connectivity index (χ2n) is 13.8. The van der Waals surface area contributed by atoms with Crippen molar-refractivity contribution < 1.29 is 37.7 Å². The molecule has 0 fully saturated rings. The van der Waals surface area contributed by atoms with E-state index in [-0.39, 0.29) is 23.8 Å². The molecular weight excluding hydrogens is 820 g/mol. The smallest absolute Gasteiger partial charge is 0.344 e. The standard InChI is InChI=1S/C26H26O5.C23H24O4.C3H3ClO/c1-2-25(27)30-17-11-6-4-3-5-10-16-29-22-15-14-21-18-23(20-12-8-7-9-13-20)26(28)31-24(21)19-22;24-14-8-3-1-2-4-9-15-26-20-13-12-19-16-21(18-10-6-5-7-11-18)23(25)27-22(19)17-20;1-2-3(4)5/h2-4,7-9,12-15,18-19H,1,5-6,10-11,16-17H2;1-2,5-7,10-13,16-17,24H,3-4,8-9,14-15H2;2H,1H2/b4-3+;2-1+;.